The van der Waals surface area contributed by atoms with Crippen molar-refractivity contribution >= 4 is 11.6 Å². The number of ether oxygens (including phenoxy) is 1. The predicted molar refractivity (Wildman–Crippen MR) is 75.9 cm³/mol. The summed E-state index contributed by atoms with van der Waals surface area (Å²) in [7, 11) is 0. The molecule has 2 N–H and O–H groups in total. The van der Waals surface area contributed by atoms with Crippen molar-refractivity contribution < 1.29 is 4.74 Å². The van der Waals surface area contributed by atoms with E-state index in [2.05, 4.69) is 13.8 Å². The topological polar surface area (TPSA) is 35.2 Å². The first-order valence-electron chi connectivity index (χ1n) is 6.75. The molecule has 1 aromatic carbocycles. The summed E-state index contributed by atoms with van der Waals surface area (Å²) in [4.78, 5) is 0. The van der Waals surface area contributed by atoms with Gasteiger partial charge in [-0.05, 0) is 49.3 Å². The Morgan fingerprint density at radius 2 is 2.06 bits per heavy atom. The van der Waals surface area contributed by atoms with E-state index in [4.69, 9.17) is 22.1 Å². The number of halogens is 1. The number of hydrogen-bond acceptors (Lipinski definition) is 2. The maximum atomic E-state index is 6.11. The zero-order chi connectivity index (χ0) is 13.1. The van der Waals surface area contributed by atoms with Crippen molar-refractivity contribution in [3.63, 3.8) is 0 Å². The molecule has 1 aliphatic carbocycles. The van der Waals surface area contributed by atoms with E-state index in [9.17, 15) is 0 Å². The largest absolute Gasteiger partial charge is 0.490 e. The summed E-state index contributed by atoms with van der Waals surface area (Å²) >= 11 is 5.97. The lowest BCUT2D eigenvalue weighted by molar-refractivity contribution is 0.0997. The standard InChI is InChI=1S/C15H22ClNO/c1-10-3-5-14(7-11(10)2)18-15-6-4-13(16)8-12(15)9-17/h4,6,8,10-11,14H,3,5,7,9,17H2,1-2H3. The molecule has 1 aliphatic rings. The summed E-state index contributed by atoms with van der Waals surface area (Å²) in [5.41, 5.74) is 6.73. The van der Waals surface area contributed by atoms with Gasteiger partial charge in [-0.15, -0.1) is 0 Å². The van der Waals surface area contributed by atoms with E-state index < -0.39 is 0 Å². The van der Waals surface area contributed by atoms with Crippen LogP contribution >= 0.6 is 11.6 Å². The molecular formula is C15H22ClNO. The molecule has 0 aliphatic heterocycles. The highest BCUT2D eigenvalue weighted by Crippen LogP contribution is 2.33. The maximum Gasteiger partial charge on any atom is 0.124 e. The lowest BCUT2D eigenvalue weighted by Crippen LogP contribution is -2.29. The van der Waals surface area contributed by atoms with Gasteiger partial charge in [-0.25, -0.2) is 0 Å². The minimum Gasteiger partial charge on any atom is -0.490 e. The SMILES string of the molecule is CC1CCC(Oc2ccc(Cl)cc2CN)CC1C. The molecule has 3 heteroatoms. The van der Waals surface area contributed by atoms with Gasteiger partial charge in [-0.2, -0.15) is 0 Å². The first-order valence-corrected chi connectivity index (χ1v) is 7.13. The third kappa shape index (κ3) is 3.18. The van der Waals surface area contributed by atoms with E-state index >= 15 is 0 Å². The van der Waals surface area contributed by atoms with Crippen molar-refractivity contribution in [2.45, 2.75) is 45.8 Å². The first kappa shape index (κ1) is 13.7. The molecule has 3 unspecified atom stereocenters. The van der Waals surface area contributed by atoms with Gasteiger partial charge in [-0.1, -0.05) is 25.4 Å². The van der Waals surface area contributed by atoms with E-state index in [1.54, 1.807) is 0 Å². The van der Waals surface area contributed by atoms with E-state index in [0.29, 0.717) is 17.7 Å². The van der Waals surface area contributed by atoms with Crippen molar-refractivity contribution in [2.75, 3.05) is 0 Å². The second kappa shape index (κ2) is 5.94. The van der Waals surface area contributed by atoms with E-state index in [0.717, 1.165) is 36.0 Å². The zero-order valence-electron chi connectivity index (χ0n) is 11.2. The van der Waals surface area contributed by atoms with Crippen molar-refractivity contribution in [3.8, 4) is 5.75 Å². The van der Waals surface area contributed by atoms with Crippen LogP contribution in [0.4, 0.5) is 0 Å². The predicted octanol–water partition coefficient (Wildman–Crippen LogP) is 4.00. The Morgan fingerprint density at radius 1 is 1.28 bits per heavy atom. The van der Waals surface area contributed by atoms with E-state index in [-0.39, 0.29) is 0 Å². The van der Waals surface area contributed by atoms with Gasteiger partial charge < -0.3 is 10.5 Å². The second-order valence-electron chi connectivity index (χ2n) is 5.46. The van der Waals surface area contributed by atoms with Gasteiger partial charge in [-0.3, -0.25) is 0 Å². The monoisotopic (exact) mass is 267 g/mol. The fourth-order valence-corrected chi connectivity index (χ4v) is 2.80. The lowest BCUT2D eigenvalue weighted by Gasteiger charge is -2.32. The fraction of sp³-hybridized carbons (Fsp3) is 0.600. The summed E-state index contributed by atoms with van der Waals surface area (Å²) in [6.45, 7) is 5.11. The molecule has 0 radical (unpaired) electrons. The molecule has 0 spiro atoms. The van der Waals surface area contributed by atoms with Crippen LogP contribution < -0.4 is 10.5 Å². The minimum atomic E-state index is 0.322. The minimum absolute atomic E-state index is 0.322. The van der Waals surface area contributed by atoms with Crippen LogP contribution in [0.5, 0.6) is 5.75 Å². The van der Waals surface area contributed by atoms with Crippen LogP contribution in [0.15, 0.2) is 18.2 Å². The smallest absolute Gasteiger partial charge is 0.124 e. The van der Waals surface area contributed by atoms with Crippen LogP contribution in [-0.4, -0.2) is 6.10 Å². The highest BCUT2D eigenvalue weighted by atomic mass is 35.5. The Labute approximate surface area is 114 Å². The van der Waals surface area contributed by atoms with E-state index in [1.807, 2.05) is 18.2 Å². The second-order valence-corrected chi connectivity index (χ2v) is 5.90. The third-order valence-corrected chi connectivity index (χ3v) is 4.32. The van der Waals surface area contributed by atoms with E-state index in [1.165, 1.54) is 6.42 Å². The van der Waals surface area contributed by atoms with Crippen molar-refractivity contribution in [3.05, 3.63) is 28.8 Å². The Bertz CT molecular complexity index is 407. The lowest BCUT2D eigenvalue weighted by atomic mass is 9.80. The average molecular weight is 268 g/mol. The maximum absolute atomic E-state index is 6.11. The molecule has 100 valence electrons. The van der Waals surface area contributed by atoms with Crippen LogP contribution in [0.25, 0.3) is 0 Å². The van der Waals surface area contributed by atoms with Crippen LogP contribution in [-0.2, 0) is 6.54 Å². The third-order valence-electron chi connectivity index (χ3n) is 4.09. The van der Waals surface area contributed by atoms with Crippen LogP contribution in [0.3, 0.4) is 0 Å². The molecular weight excluding hydrogens is 246 g/mol. The normalized spacial score (nSPS) is 28.1. The summed E-state index contributed by atoms with van der Waals surface area (Å²) in [6.07, 6.45) is 3.84. The van der Waals surface area contributed by atoms with Gasteiger partial charge in [0, 0.05) is 17.1 Å². The molecule has 0 amide bonds. The van der Waals surface area contributed by atoms with Gasteiger partial charge in [0.2, 0.25) is 0 Å². The highest BCUT2D eigenvalue weighted by Gasteiger charge is 2.26. The molecule has 3 atom stereocenters. The zero-order valence-corrected chi connectivity index (χ0v) is 11.9. The number of nitrogens with two attached hydrogens (primary N) is 1. The van der Waals surface area contributed by atoms with Crippen LogP contribution in [0, 0.1) is 11.8 Å². The van der Waals surface area contributed by atoms with Crippen molar-refractivity contribution in [1.29, 1.82) is 0 Å². The molecule has 0 saturated heterocycles. The van der Waals surface area contributed by atoms with Crippen molar-refractivity contribution in [2.24, 2.45) is 17.6 Å². The molecule has 1 fully saturated rings. The molecule has 1 saturated carbocycles. The Hall–Kier alpha value is -0.730. The summed E-state index contributed by atoms with van der Waals surface area (Å²) in [5, 5.41) is 0.716. The van der Waals surface area contributed by atoms with Gasteiger partial charge in [0.05, 0.1) is 6.10 Å². The Balaban J connectivity index is 2.05. The molecule has 0 bridgehead atoms. The van der Waals surface area contributed by atoms with Crippen molar-refractivity contribution in [1.82, 2.24) is 0 Å². The number of rotatable bonds is 3. The first-order chi connectivity index (χ1) is 8.60. The van der Waals surface area contributed by atoms with Gasteiger partial charge >= 0.3 is 0 Å². The Morgan fingerprint density at radius 3 is 2.72 bits per heavy atom. The van der Waals surface area contributed by atoms with Crippen LogP contribution in [0.1, 0.15) is 38.7 Å². The van der Waals surface area contributed by atoms with Gasteiger partial charge in [0.25, 0.3) is 0 Å². The quantitative estimate of drug-likeness (QED) is 0.898. The van der Waals surface area contributed by atoms with Gasteiger partial charge in [0.1, 0.15) is 5.75 Å². The molecule has 2 rings (SSSR count). The summed E-state index contributed by atoms with van der Waals surface area (Å²) in [5.74, 6) is 2.44. The molecule has 0 aromatic heterocycles. The molecule has 1 aromatic rings. The number of benzene rings is 1. The number of hydrogen-bond donors (Lipinski definition) is 1. The summed E-state index contributed by atoms with van der Waals surface area (Å²) < 4.78 is 6.11. The Kier molecular flexibility index (Phi) is 4.52. The molecule has 2 nitrogen and oxygen atoms in total. The molecule has 18 heavy (non-hydrogen) atoms. The summed E-state index contributed by atoms with van der Waals surface area (Å²) in [6, 6.07) is 5.70. The highest BCUT2D eigenvalue weighted by molar-refractivity contribution is 6.30. The fourth-order valence-electron chi connectivity index (χ4n) is 2.61. The molecule has 0 heterocycles. The average Bonchev–Trinajstić information content (AvgIpc) is 2.36. The van der Waals surface area contributed by atoms with Gasteiger partial charge in [0.15, 0.2) is 0 Å². The van der Waals surface area contributed by atoms with Crippen LogP contribution in [0.2, 0.25) is 5.02 Å².